The third kappa shape index (κ3) is 4.91. The van der Waals surface area contributed by atoms with E-state index >= 15 is 0 Å². The predicted octanol–water partition coefficient (Wildman–Crippen LogP) is 5.64. The summed E-state index contributed by atoms with van der Waals surface area (Å²) >= 11 is 0. The molecule has 11 heteroatoms. The van der Waals surface area contributed by atoms with Crippen LogP contribution in [0.4, 0.5) is 20.3 Å². The number of anilines is 2. The van der Waals surface area contributed by atoms with Crippen LogP contribution in [0.5, 0.6) is 11.6 Å². The number of nitrogens with one attached hydrogen (secondary N) is 1. The number of aromatic nitrogens is 2. The fourth-order valence-corrected chi connectivity index (χ4v) is 5.37. The highest BCUT2D eigenvalue weighted by Gasteiger charge is 2.23. The van der Waals surface area contributed by atoms with Crippen molar-refractivity contribution in [1.29, 1.82) is 0 Å². The first-order chi connectivity index (χ1) is 18.7. The van der Waals surface area contributed by atoms with E-state index in [2.05, 4.69) is 14.7 Å². The van der Waals surface area contributed by atoms with Crippen LogP contribution in [0.3, 0.4) is 0 Å². The van der Waals surface area contributed by atoms with Crippen LogP contribution in [-0.2, 0) is 10.0 Å². The molecule has 0 unspecified atom stereocenters. The van der Waals surface area contributed by atoms with Gasteiger partial charge in [0.1, 0.15) is 33.8 Å². The number of rotatable bonds is 7. The third-order valence-electron chi connectivity index (χ3n) is 6.04. The number of hydrogen-bond acceptors (Lipinski definition) is 7. The molecule has 5 rings (SSSR count). The highest BCUT2D eigenvalue weighted by atomic mass is 32.2. The Morgan fingerprint density at radius 1 is 0.872 bits per heavy atom. The van der Waals surface area contributed by atoms with Crippen LogP contribution >= 0.6 is 0 Å². The van der Waals surface area contributed by atoms with Crippen LogP contribution in [0.2, 0.25) is 0 Å². The number of nitrogens with zero attached hydrogens (tertiary/aromatic N) is 2. The second-order valence-electron chi connectivity index (χ2n) is 8.46. The first-order valence-electron chi connectivity index (χ1n) is 11.6. The molecule has 0 amide bonds. The maximum absolute atomic E-state index is 14.2. The van der Waals surface area contributed by atoms with E-state index in [4.69, 9.17) is 15.2 Å². The summed E-state index contributed by atoms with van der Waals surface area (Å²) < 4.78 is 66.7. The van der Waals surface area contributed by atoms with Gasteiger partial charge in [-0.2, -0.15) is 0 Å². The Bertz CT molecular complexity index is 1820. The van der Waals surface area contributed by atoms with Crippen molar-refractivity contribution in [3.05, 3.63) is 90.6 Å². The topological polar surface area (TPSA) is 116 Å². The molecule has 8 nitrogen and oxygen atoms in total. The van der Waals surface area contributed by atoms with Crippen molar-refractivity contribution < 1.29 is 26.7 Å². The zero-order valence-electron chi connectivity index (χ0n) is 20.8. The summed E-state index contributed by atoms with van der Waals surface area (Å²) in [5, 5.41) is 0.675. The van der Waals surface area contributed by atoms with E-state index in [-0.39, 0.29) is 11.6 Å². The highest BCUT2D eigenvalue weighted by Crippen LogP contribution is 2.41. The molecule has 39 heavy (non-hydrogen) atoms. The zero-order chi connectivity index (χ0) is 27.7. The smallest absolute Gasteiger partial charge is 0.264 e. The van der Waals surface area contributed by atoms with Crippen molar-refractivity contribution in [2.24, 2.45) is 0 Å². The number of hydrogen-bond donors (Lipinski definition) is 2. The fourth-order valence-electron chi connectivity index (χ4n) is 4.27. The first-order valence-corrected chi connectivity index (χ1v) is 13.0. The lowest BCUT2D eigenvalue weighted by molar-refractivity contribution is 0.400. The van der Waals surface area contributed by atoms with Gasteiger partial charge >= 0.3 is 0 Å². The van der Waals surface area contributed by atoms with Gasteiger partial charge in [0.05, 0.1) is 25.3 Å². The van der Waals surface area contributed by atoms with Gasteiger partial charge in [0, 0.05) is 23.2 Å². The number of methoxy groups -OCH3 is 2. The summed E-state index contributed by atoms with van der Waals surface area (Å²) in [5.41, 5.74) is 9.52. The van der Waals surface area contributed by atoms with E-state index in [1.165, 1.54) is 19.4 Å². The van der Waals surface area contributed by atoms with Gasteiger partial charge < -0.3 is 15.2 Å². The van der Waals surface area contributed by atoms with Crippen molar-refractivity contribution in [2.45, 2.75) is 4.90 Å². The first kappa shape index (κ1) is 25.9. The van der Waals surface area contributed by atoms with Crippen molar-refractivity contribution in [2.75, 3.05) is 24.7 Å². The van der Waals surface area contributed by atoms with Crippen LogP contribution in [0, 0.1) is 11.6 Å². The predicted molar refractivity (Wildman–Crippen MR) is 145 cm³/mol. The van der Waals surface area contributed by atoms with E-state index in [0.717, 1.165) is 17.7 Å². The standard InChI is InChI=1S/C28H22F2N4O4S/c1-37-26-20-12-17(8-10-22(20)33-27(31)25(26)16-6-4-3-5-7-16)18-13-23(28(38-2)32-15-18)34-39(35,36)24-11-9-19(29)14-21(24)30/h3-15,34H,1-2H3,(H2,31,33). The normalized spacial score (nSPS) is 11.4. The van der Waals surface area contributed by atoms with Crippen molar-refractivity contribution >= 4 is 32.4 Å². The Morgan fingerprint density at radius 2 is 1.64 bits per heavy atom. The van der Waals surface area contributed by atoms with Crippen LogP contribution in [0.15, 0.2) is 83.9 Å². The molecule has 0 spiro atoms. The maximum Gasteiger partial charge on any atom is 0.264 e. The highest BCUT2D eigenvalue weighted by molar-refractivity contribution is 7.92. The van der Waals surface area contributed by atoms with Gasteiger partial charge in [-0.15, -0.1) is 0 Å². The monoisotopic (exact) mass is 548 g/mol. The van der Waals surface area contributed by atoms with Gasteiger partial charge in [0.2, 0.25) is 5.88 Å². The van der Waals surface area contributed by atoms with Gasteiger partial charge in [-0.3, -0.25) is 4.72 Å². The molecule has 198 valence electrons. The molecular weight excluding hydrogens is 526 g/mol. The van der Waals surface area contributed by atoms with Crippen LogP contribution in [-0.4, -0.2) is 32.6 Å². The van der Waals surface area contributed by atoms with Gasteiger partial charge in [0.25, 0.3) is 10.0 Å². The summed E-state index contributed by atoms with van der Waals surface area (Å²) in [6, 6.07) is 18.5. The quantitative estimate of drug-likeness (QED) is 0.270. The Morgan fingerprint density at radius 3 is 2.33 bits per heavy atom. The van der Waals surface area contributed by atoms with Gasteiger partial charge in [-0.25, -0.2) is 27.2 Å². The van der Waals surface area contributed by atoms with E-state index < -0.39 is 26.6 Å². The molecule has 3 aromatic carbocycles. The Kier molecular flexibility index (Phi) is 6.75. The number of pyridine rings is 2. The second kappa shape index (κ2) is 10.2. The van der Waals surface area contributed by atoms with Gasteiger partial charge in [-0.05, 0) is 41.5 Å². The molecule has 0 aliphatic heterocycles. The SMILES string of the molecule is COc1ncc(-c2ccc3nc(N)c(-c4ccccc4)c(OC)c3c2)cc1NS(=O)(=O)c1ccc(F)cc1F. The van der Waals surface area contributed by atoms with E-state index in [0.29, 0.717) is 45.2 Å². The zero-order valence-corrected chi connectivity index (χ0v) is 21.6. The van der Waals surface area contributed by atoms with Crippen molar-refractivity contribution in [3.63, 3.8) is 0 Å². The maximum atomic E-state index is 14.2. The molecule has 2 heterocycles. The average Bonchev–Trinajstić information content (AvgIpc) is 2.92. The molecule has 0 atom stereocenters. The summed E-state index contributed by atoms with van der Waals surface area (Å²) in [7, 11) is -1.57. The molecule has 0 bridgehead atoms. The number of halogens is 2. The molecule has 0 saturated heterocycles. The molecule has 0 saturated carbocycles. The van der Waals surface area contributed by atoms with Gasteiger partial charge in [-0.1, -0.05) is 36.4 Å². The lowest BCUT2D eigenvalue weighted by atomic mass is 9.99. The lowest BCUT2D eigenvalue weighted by Gasteiger charge is -2.16. The van der Waals surface area contributed by atoms with Crippen LogP contribution in [0.25, 0.3) is 33.2 Å². The number of nitrogens with two attached hydrogens (primary N) is 1. The van der Waals surface area contributed by atoms with Crippen molar-refractivity contribution in [3.8, 4) is 33.9 Å². The molecule has 0 aliphatic carbocycles. The number of nitrogen functional groups attached to an aromatic ring is 1. The van der Waals surface area contributed by atoms with Crippen molar-refractivity contribution in [1.82, 2.24) is 9.97 Å². The third-order valence-corrected chi connectivity index (χ3v) is 7.44. The summed E-state index contributed by atoms with van der Waals surface area (Å²) in [6.45, 7) is 0. The number of benzene rings is 3. The van der Waals surface area contributed by atoms with E-state index in [1.807, 2.05) is 36.4 Å². The average molecular weight is 549 g/mol. The molecule has 3 N–H and O–H groups in total. The molecule has 0 radical (unpaired) electrons. The summed E-state index contributed by atoms with van der Waals surface area (Å²) in [5.74, 6) is -1.32. The van der Waals surface area contributed by atoms with E-state index in [9.17, 15) is 17.2 Å². The largest absolute Gasteiger partial charge is 0.495 e. The van der Waals surface area contributed by atoms with E-state index in [1.54, 1.807) is 19.2 Å². The minimum Gasteiger partial charge on any atom is -0.495 e. The molecule has 0 aliphatic rings. The minimum atomic E-state index is -4.43. The van der Waals surface area contributed by atoms with Gasteiger partial charge in [0.15, 0.2) is 0 Å². The second-order valence-corrected chi connectivity index (χ2v) is 10.1. The minimum absolute atomic E-state index is 0.0359. The lowest BCUT2D eigenvalue weighted by Crippen LogP contribution is -2.15. The number of fused-ring (bicyclic) bond motifs is 1. The van der Waals surface area contributed by atoms with Crippen LogP contribution in [0.1, 0.15) is 0 Å². The Balaban J connectivity index is 1.61. The summed E-state index contributed by atoms with van der Waals surface area (Å²) in [4.78, 5) is 8.05. The molecule has 5 aromatic rings. The molecule has 0 fully saturated rings. The Labute approximate surface area is 223 Å². The molecule has 2 aromatic heterocycles. The molecular formula is C28H22F2N4O4S. The summed E-state index contributed by atoms with van der Waals surface area (Å²) in [6.07, 6.45) is 1.51. The number of sulfonamides is 1. The fraction of sp³-hybridized carbons (Fsp3) is 0.0714. The van der Waals surface area contributed by atoms with Crippen LogP contribution < -0.4 is 19.9 Å². The number of ether oxygens (including phenoxy) is 2. The Hall–Kier alpha value is -4.77.